The number of methoxy groups -OCH3 is 1. The van der Waals surface area contributed by atoms with Crippen molar-refractivity contribution in [3.05, 3.63) is 51.5 Å². The summed E-state index contributed by atoms with van der Waals surface area (Å²) in [7, 11) is 1.44. The highest BCUT2D eigenvalue weighted by Crippen LogP contribution is 2.35. The molecule has 112 valence electrons. The number of rotatable bonds is 4. The predicted molar refractivity (Wildman–Crippen MR) is 80.8 cm³/mol. The van der Waals surface area contributed by atoms with Gasteiger partial charge in [0, 0.05) is 12.6 Å². The van der Waals surface area contributed by atoms with Gasteiger partial charge in [-0.05, 0) is 52.2 Å². The van der Waals surface area contributed by atoms with Gasteiger partial charge in [-0.2, -0.15) is 0 Å². The van der Waals surface area contributed by atoms with E-state index in [4.69, 9.17) is 4.74 Å². The molecule has 3 nitrogen and oxygen atoms in total. The molecule has 0 fully saturated rings. The molecule has 0 saturated carbocycles. The average Bonchev–Trinajstić information content (AvgIpc) is 2.44. The summed E-state index contributed by atoms with van der Waals surface area (Å²) in [6.07, 6.45) is 0. The van der Waals surface area contributed by atoms with Crippen molar-refractivity contribution >= 4 is 21.6 Å². The molecule has 2 aromatic carbocycles. The lowest BCUT2D eigenvalue weighted by Gasteiger charge is -2.12. The molecule has 0 unspecified atom stereocenters. The van der Waals surface area contributed by atoms with Crippen molar-refractivity contribution in [2.24, 2.45) is 0 Å². The Bertz CT molecular complexity index is 677. The van der Waals surface area contributed by atoms with E-state index in [0.29, 0.717) is 10.2 Å². The fourth-order valence-electron chi connectivity index (χ4n) is 1.86. The number of ether oxygens (including phenoxy) is 1. The first-order valence-corrected chi connectivity index (χ1v) is 6.96. The van der Waals surface area contributed by atoms with E-state index in [2.05, 4.69) is 21.2 Å². The van der Waals surface area contributed by atoms with Crippen molar-refractivity contribution in [3.8, 4) is 11.5 Å². The van der Waals surface area contributed by atoms with Gasteiger partial charge in [-0.1, -0.05) is 0 Å². The highest BCUT2D eigenvalue weighted by molar-refractivity contribution is 9.10. The normalized spacial score (nSPS) is 10.5. The van der Waals surface area contributed by atoms with Crippen LogP contribution in [0.25, 0.3) is 0 Å². The van der Waals surface area contributed by atoms with Crippen molar-refractivity contribution in [2.75, 3.05) is 12.4 Å². The number of halogens is 3. The minimum atomic E-state index is -0.515. The third kappa shape index (κ3) is 3.44. The molecular formula is C15H14BrF2NO2. The molecule has 0 saturated heterocycles. The zero-order valence-electron chi connectivity index (χ0n) is 11.5. The third-order valence-electron chi connectivity index (χ3n) is 3.04. The molecule has 0 heterocycles. The van der Waals surface area contributed by atoms with Crippen LogP contribution in [-0.4, -0.2) is 12.2 Å². The molecule has 0 aliphatic carbocycles. The summed E-state index contributed by atoms with van der Waals surface area (Å²) in [5, 5.41) is 12.5. The summed E-state index contributed by atoms with van der Waals surface area (Å²) in [5.74, 6) is -0.687. The van der Waals surface area contributed by atoms with E-state index in [0.717, 1.165) is 17.7 Å². The van der Waals surface area contributed by atoms with Crippen LogP contribution in [0, 0.1) is 18.6 Å². The molecule has 2 aromatic rings. The van der Waals surface area contributed by atoms with E-state index in [-0.39, 0.29) is 23.5 Å². The van der Waals surface area contributed by atoms with Gasteiger partial charge in [-0.3, -0.25) is 0 Å². The zero-order valence-corrected chi connectivity index (χ0v) is 13.1. The number of anilines is 1. The summed E-state index contributed by atoms with van der Waals surface area (Å²) in [6.45, 7) is 1.76. The summed E-state index contributed by atoms with van der Waals surface area (Å²) in [4.78, 5) is 0. The van der Waals surface area contributed by atoms with Gasteiger partial charge in [-0.15, -0.1) is 0 Å². The van der Waals surface area contributed by atoms with Gasteiger partial charge in [0.15, 0.2) is 11.5 Å². The summed E-state index contributed by atoms with van der Waals surface area (Å²) in [6, 6.07) is 5.56. The molecule has 0 bridgehead atoms. The molecule has 0 radical (unpaired) electrons. The number of nitrogens with one attached hydrogen (secondary N) is 1. The van der Waals surface area contributed by atoms with E-state index in [1.165, 1.54) is 14.0 Å². The minimum absolute atomic E-state index is 0.00573. The molecule has 0 aliphatic rings. The number of phenolic OH excluding ortho intramolecular Hbond substituents is 1. The fraction of sp³-hybridized carbons (Fsp3) is 0.200. The van der Waals surface area contributed by atoms with Crippen LogP contribution < -0.4 is 10.1 Å². The molecule has 21 heavy (non-hydrogen) atoms. The first-order valence-electron chi connectivity index (χ1n) is 6.17. The number of aryl methyl sites for hydroxylation is 1. The van der Waals surface area contributed by atoms with Gasteiger partial charge >= 0.3 is 0 Å². The molecular weight excluding hydrogens is 344 g/mol. The summed E-state index contributed by atoms with van der Waals surface area (Å²) >= 11 is 3.21. The molecule has 6 heteroatoms. The van der Waals surface area contributed by atoms with Gasteiger partial charge in [0.2, 0.25) is 0 Å². The van der Waals surface area contributed by atoms with Crippen LogP contribution in [0.1, 0.15) is 11.1 Å². The molecule has 2 rings (SSSR count). The number of hydrogen-bond acceptors (Lipinski definition) is 3. The lowest BCUT2D eigenvalue weighted by Crippen LogP contribution is -2.03. The molecule has 0 spiro atoms. The molecule has 0 aliphatic heterocycles. The Morgan fingerprint density at radius 3 is 2.57 bits per heavy atom. The Labute approximate surface area is 129 Å². The average molecular weight is 358 g/mol. The van der Waals surface area contributed by atoms with Crippen molar-refractivity contribution in [3.63, 3.8) is 0 Å². The van der Waals surface area contributed by atoms with E-state index in [9.17, 15) is 13.9 Å². The van der Waals surface area contributed by atoms with Crippen molar-refractivity contribution < 1.29 is 18.6 Å². The Hall–Kier alpha value is -1.82. The second-order valence-electron chi connectivity index (χ2n) is 4.56. The van der Waals surface area contributed by atoms with Crippen LogP contribution in [0.15, 0.2) is 28.7 Å². The highest BCUT2D eigenvalue weighted by atomic mass is 79.9. The van der Waals surface area contributed by atoms with Gasteiger partial charge in [0.1, 0.15) is 11.6 Å². The van der Waals surface area contributed by atoms with Gasteiger partial charge in [-0.25, -0.2) is 8.78 Å². The Balaban J connectivity index is 2.21. The number of hydrogen-bond donors (Lipinski definition) is 2. The van der Waals surface area contributed by atoms with Crippen molar-refractivity contribution in [1.29, 1.82) is 0 Å². The third-order valence-corrected chi connectivity index (χ3v) is 3.64. The number of aromatic hydroxyl groups is 1. The van der Waals surface area contributed by atoms with Crippen LogP contribution >= 0.6 is 15.9 Å². The van der Waals surface area contributed by atoms with Crippen LogP contribution in [0.2, 0.25) is 0 Å². The Morgan fingerprint density at radius 2 is 1.90 bits per heavy atom. The molecule has 0 atom stereocenters. The van der Waals surface area contributed by atoms with Gasteiger partial charge in [0.25, 0.3) is 0 Å². The van der Waals surface area contributed by atoms with E-state index in [1.807, 2.05) is 0 Å². The Morgan fingerprint density at radius 1 is 1.19 bits per heavy atom. The maximum absolute atomic E-state index is 13.7. The van der Waals surface area contributed by atoms with Crippen molar-refractivity contribution in [1.82, 2.24) is 0 Å². The molecule has 0 amide bonds. The highest BCUT2D eigenvalue weighted by Gasteiger charge is 2.10. The summed E-state index contributed by atoms with van der Waals surface area (Å²) in [5.41, 5.74) is 1.09. The predicted octanol–water partition coefficient (Wildman–Crippen LogP) is 4.36. The smallest absolute Gasteiger partial charge is 0.172 e. The SMILES string of the molecule is COc1cc(CNc2cc(F)c(C)cc2F)cc(Br)c1O. The quantitative estimate of drug-likeness (QED) is 0.853. The topological polar surface area (TPSA) is 41.5 Å². The maximum Gasteiger partial charge on any atom is 0.172 e. The van der Waals surface area contributed by atoms with Crippen LogP contribution in [0.3, 0.4) is 0 Å². The molecule has 2 N–H and O–H groups in total. The fourth-order valence-corrected chi connectivity index (χ4v) is 2.35. The largest absolute Gasteiger partial charge is 0.503 e. The van der Waals surface area contributed by atoms with Gasteiger partial charge in [0.05, 0.1) is 17.3 Å². The van der Waals surface area contributed by atoms with E-state index >= 15 is 0 Å². The molecule has 0 aromatic heterocycles. The van der Waals surface area contributed by atoms with Crippen molar-refractivity contribution in [2.45, 2.75) is 13.5 Å². The first kappa shape index (κ1) is 15.6. The number of phenols is 1. The maximum atomic E-state index is 13.7. The van der Waals surface area contributed by atoms with Gasteiger partial charge < -0.3 is 15.2 Å². The van der Waals surface area contributed by atoms with E-state index < -0.39 is 11.6 Å². The van der Waals surface area contributed by atoms with Crippen LogP contribution in [-0.2, 0) is 6.54 Å². The minimum Gasteiger partial charge on any atom is -0.503 e. The zero-order chi connectivity index (χ0) is 15.6. The van der Waals surface area contributed by atoms with E-state index in [1.54, 1.807) is 12.1 Å². The lowest BCUT2D eigenvalue weighted by molar-refractivity contribution is 0.371. The first-order chi connectivity index (χ1) is 9.92. The lowest BCUT2D eigenvalue weighted by atomic mass is 10.1. The second kappa shape index (κ2) is 6.30. The monoisotopic (exact) mass is 357 g/mol. The second-order valence-corrected chi connectivity index (χ2v) is 5.42. The number of benzene rings is 2. The summed E-state index contributed by atoms with van der Waals surface area (Å²) < 4.78 is 32.7. The van der Waals surface area contributed by atoms with Crippen LogP contribution in [0.5, 0.6) is 11.5 Å². The Kier molecular flexibility index (Phi) is 4.67. The van der Waals surface area contributed by atoms with Crippen LogP contribution in [0.4, 0.5) is 14.5 Å². The standard InChI is InChI=1S/C15H14BrF2NO2/c1-8-3-12(18)13(6-11(8)17)19-7-9-4-10(16)15(20)14(5-9)21-2/h3-6,19-20H,7H2,1-2H3.